The van der Waals surface area contributed by atoms with Crippen molar-refractivity contribution in [3.05, 3.63) is 85.1 Å². The van der Waals surface area contributed by atoms with Crippen LogP contribution in [-0.4, -0.2) is 99.6 Å². The molecule has 0 bridgehead atoms. The van der Waals surface area contributed by atoms with E-state index in [4.69, 9.17) is 14.2 Å². The summed E-state index contributed by atoms with van der Waals surface area (Å²) in [6, 6.07) is -1.05. The number of ether oxygens (including phenoxy) is 3. The van der Waals surface area contributed by atoms with E-state index >= 15 is 0 Å². The number of carbonyl (C=O) groups is 2. The van der Waals surface area contributed by atoms with Gasteiger partial charge >= 0.3 is 5.97 Å². The first-order valence-corrected chi connectivity index (χ1v) is 31.4. The topological polar surface area (TPSA) is 175 Å². The molecule has 1 saturated heterocycles. The van der Waals surface area contributed by atoms with Crippen molar-refractivity contribution in [3.63, 3.8) is 0 Å². The number of hydrogen-bond donors (Lipinski definition) is 6. The third-order valence-corrected chi connectivity index (χ3v) is 14.5. The fourth-order valence-electron chi connectivity index (χ4n) is 9.51. The summed E-state index contributed by atoms with van der Waals surface area (Å²) in [5.41, 5.74) is 0. The zero-order valence-electron chi connectivity index (χ0n) is 49.1. The average Bonchev–Trinajstić information content (AvgIpc) is 3.43. The smallest absolute Gasteiger partial charge is 0.306 e. The van der Waals surface area contributed by atoms with Crippen molar-refractivity contribution in [2.45, 2.75) is 307 Å². The first-order valence-electron chi connectivity index (χ1n) is 31.4. The van der Waals surface area contributed by atoms with Crippen molar-refractivity contribution in [3.8, 4) is 0 Å². The van der Waals surface area contributed by atoms with Gasteiger partial charge in [0.1, 0.15) is 24.4 Å². The van der Waals surface area contributed by atoms with Gasteiger partial charge in [0.25, 0.3) is 0 Å². The second-order valence-corrected chi connectivity index (χ2v) is 21.6. The van der Waals surface area contributed by atoms with Crippen molar-refractivity contribution in [1.29, 1.82) is 0 Å². The number of allylic oxidation sites excluding steroid dienone is 13. The molecule has 1 amide bonds. The molecular weight excluding hydrogens is 967 g/mol. The normalized spacial score (nSPS) is 19.6. The molecule has 1 fully saturated rings. The Balaban J connectivity index is 2.71. The molecule has 0 saturated carbocycles. The Morgan fingerprint density at radius 1 is 0.519 bits per heavy atom. The first kappa shape index (κ1) is 71.9. The van der Waals surface area contributed by atoms with E-state index in [-0.39, 0.29) is 19.4 Å². The van der Waals surface area contributed by atoms with Crippen LogP contribution in [0.1, 0.15) is 258 Å². The van der Waals surface area contributed by atoms with E-state index in [2.05, 4.69) is 32.2 Å². The molecule has 0 radical (unpaired) electrons. The molecule has 8 unspecified atom stereocenters. The number of carbonyl (C=O) groups excluding carboxylic acids is 2. The zero-order valence-corrected chi connectivity index (χ0v) is 49.1. The summed E-state index contributed by atoms with van der Waals surface area (Å²) in [5.74, 6) is -1.24. The van der Waals surface area contributed by atoms with Gasteiger partial charge in [-0.2, -0.15) is 0 Å². The summed E-state index contributed by atoms with van der Waals surface area (Å²) in [6.45, 7) is 5.63. The van der Waals surface area contributed by atoms with Crippen molar-refractivity contribution >= 4 is 11.9 Å². The second-order valence-electron chi connectivity index (χ2n) is 21.6. The average molecular weight is 1080 g/mol. The quantitative estimate of drug-likeness (QED) is 0.0149. The molecule has 11 heteroatoms. The van der Waals surface area contributed by atoms with Gasteiger partial charge in [0, 0.05) is 6.42 Å². The van der Waals surface area contributed by atoms with Gasteiger partial charge in [-0.05, 0) is 44.9 Å². The standard InChI is InChI=1S/C66H115NO10/c1-4-7-10-13-16-19-22-25-27-29-30-31-33-36-39-42-45-48-51-54-61(71)77-64-63(73)62(72)60(55-68)76-66(64)75-56-57(58(69)52-49-46-43-40-37-34-24-21-18-15-12-9-6-3)67-65(74)59(70)53-50-47-44-41-38-35-32-28-26-23-20-17-14-11-8-5-2/h8,11,14,17,20,23,26,28,32,35,38,41,49,52,57-60,62-64,66,68-70,72-73H,4-7,9-10,12-13,15-16,18-19,21-22,24-25,27,29-31,33-34,36-37,39-40,42-48,50-51,53-56H2,1-3H3,(H,67,74)/b11-8-,17-14+,23-20+,28-26-,35-32+,41-38+,52-49+. The lowest BCUT2D eigenvalue weighted by molar-refractivity contribution is -0.305. The summed E-state index contributed by atoms with van der Waals surface area (Å²) < 4.78 is 17.6. The van der Waals surface area contributed by atoms with Crippen LogP contribution in [0.3, 0.4) is 0 Å². The van der Waals surface area contributed by atoms with Crippen LogP contribution < -0.4 is 5.32 Å². The number of unbranched alkanes of at least 4 members (excludes halogenated alkanes) is 31. The molecule has 0 aromatic heterocycles. The summed E-state index contributed by atoms with van der Waals surface area (Å²) in [7, 11) is 0. The van der Waals surface area contributed by atoms with Crippen molar-refractivity contribution in [2.75, 3.05) is 13.2 Å². The third kappa shape index (κ3) is 41.5. The monoisotopic (exact) mass is 1080 g/mol. The Labute approximate surface area is 470 Å². The number of hydrogen-bond acceptors (Lipinski definition) is 10. The maximum Gasteiger partial charge on any atom is 0.306 e. The van der Waals surface area contributed by atoms with Crippen molar-refractivity contribution in [2.24, 2.45) is 0 Å². The molecule has 1 heterocycles. The predicted octanol–water partition coefficient (Wildman–Crippen LogP) is 14.9. The number of aliphatic hydroxyl groups is 5. The van der Waals surface area contributed by atoms with Crippen molar-refractivity contribution < 1.29 is 49.3 Å². The second kappa shape index (κ2) is 53.5. The summed E-state index contributed by atoms with van der Waals surface area (Å²) >= 11 is 0. The van der Waals surface area contributed by atoms with Gasteiger partial charge in [0.05, 0.1) is 25.4 Å². The van der Waals surface area contributed by atoms with Gasteiger partial charge in [-0.25, -0.2) is 0 Å². The Morgan fingerprint density at radius 3 is 1.40 bits per heavy atom. The van der Waals surface area contributed by atoms with E-state index in [0.717, 1.165) is 64.2 Å². The van der Waals surface area contributed by atoms with Crippen LogP contribution in [0.4, 0.5) is 0 Å². The fraction of sp³-hybridized carbons (Fsp3) is 0.758. The highest BCUT2D eigenvalue weighted by Gasteiger charge is 2.47. The number of nitrogens with one attached hydrogen (secondary N) is 1. The lowest BCUT2D eigenvalue weighted by Crippen LogP contribution is -2.61. The maximum absolute atomic E-state index is 13.4. The lowest BCUT2D eigenvalue weighted by atomic mass is 9.99. The highest BCUT2D eigenvalue weighted by molar-refractivity contribution is 5.80. The summed E-state index contributed by atoms with van der Waals surface area (Å²) in [6.07, 6.45) is 59.0. The molecule has 1 aliphatic rings. The van der Waals surface area contributed by atoms with E-state index < -0.39 is 67.4 Å². The van der Waals surface area contributed by atoms with Crippen LogP contribution in [0.2, 0.25) is 0 Å². The molecule has 1 aliphatic heterocycles. The Kier molecular flexibility index (Phi) is 49.9. The van der Waals surface area contributed by atoms with Gasteiger partial charge in [-0.15, -0.1) is 0 Å². The van der Waals surface area contributed by atoms with Crippen LogP contribution >= 0.6 is 0 Å². The predicted molar refractivity (Wildman–Crippen MR) is 319 cm³/mol. The van der Waals surface area contributed by atoms with Crippen LogP contribution in [0, 0.1) is 0 Å². The molecular formula is C66H115NO10. The molecule has 0 aromatic rings. The van der Waals surface area contributed by atoms with Gasteiger partial charge in [0.2, 0.25) is 5.91 Å². The minimum atomic E-state index is -1.62. The molecule has 0 aliphatic carbocycles. The minimum absolute atomic E-state index is 0.118. The van der Waals surface area contributed by atoms with Crippen LogP contribution in [0.15, 0.2) is 85.1 Å². The van der Waals surface area contributed by atoms with E-state index in [1.807, 2.05) is 72.9 Å². The Hall–Kier alpha value is -3.16. The zero-order chi connectivity index (χ0) is 56.1. The van der Waals surface area contributed by atoms with E-state index in [0.29, 0.717) is 12.8 Å². The van der Waals surface area contributed by atoms with Crippen LogP contribution in [0.5, 0.6) is 0 Å². The minimum Gasteiger partial charge on any atom is -0.454 e. The first-order chi connectivity index (χ1) is 37.7. The lowest BCUT2D eigenvalue weighted by Gasteiger charge is -2.41. The van der Waals surface area contributed by atoms with E-state index in [1.165, 1.54) is 148 Å². The molecule has 8 atom stereocenters. The Morgan fingerprint density at radius 2 is 0.935 bits per heavy atom. The van der Waals surface area contributed by atoms with Gasteiger partial charge in [-0.3, -0.25) is 9.59 Å². The molecule has 1 rings (SSSR count). The van der Waals surface area contributed by atoms with Gasteiger partial charge in [0.15, 0.2) is 12.4 Å². The Bertz CT molecular complexity index is 1570. The molecule has 6 N–H and O–H groups in total. The number of aliphatic hydroxyl groups excluding tert-OH is 5. The maximum atomic E-state index is 13.4. The highest BCUT2D eigenvalue weighted by Crippen LogP contribution is 2.26. The molecule has 0 spiro atoms. The molecule has 0 aromatic carbocycles. The van der Waals surface area contributed by atoms with Gasteiger partial charge in [-0.1, -0.05) is 292 Å². The van der Waals surface area contributed by atoms with Crippen LogP contribution in [0.25, 0.3) is 0 Å². The summed E-state index contributed by atoms with van der Waals surface area (Å²) in [5, 5.41) is 57.0. The fourth-order valence-corrected chi connectivity index (χ4v) is 9.51. The highest BCUT2D eigenvalue weighted by atomic mass is 16.7. The molecule has 444 valence electrons. The van der Waals surface area contributed by atoms with E-state index in [9.17, 15) is 35.1 Å². The molecule has 11 nitrogen and oxygen atoms in total. The van der Waals surface area contributed by atoms with Gasteiger partial charge < -0.3 is 45.1 Å². The number of amides is 1. The number of esters is 1. The third-order valence-electron chi connectivity index (χ3n) is 14.5. The van der Waals surface area contributed by atoms with Crippen molar-refractivity contribution in [1.82, 2.24) is 5.32 Å². The SMILES string of the molecule is CC\C=C/C=C/C=C/C=C\C=C\C=C\CCCCC(O)C(=O)NC(COC1OC(CO)C(O)C(O)C1OC(=O)CCCCCCCCCCCCCCCCCCCCC)C(O)/C=C/CCCCCCCCCCCCC. The summed E-state index contributed by atoms with van der Waals surface area (Å²) in [4.78, 5) is 26.5. The largest absolute Gasteiger partial charge is 0.454 e. The van der Waals surface area contributed by atoms with Crippen LogP contribution in [-0.2, 0) is 23.8 Å². The number of rotatable bonds is 52. The molecule has 77 heavy (non-hydrogen) atoms. The van der Waals surface area contributed by atoms with E-state index in [1.54, 1.807) is 6.08 Å².